The summed E-state index contributed by atoms with van der Waals surface area (Å²) in [4.78, 5) is 7.91. The summed E-state index contributed by atoms with van der Waals surface area (Å²) < 4.78 is 1.26. The molecule has 3 aromatic rings. The topological polar surface area (TPSA) is 40.7 Å². The Morgan fingerprint density at radius 3 is 2.65 bits per heavy atom. The Hall–Kier alpha value is -1.40. The van der Waals surface area contributed by atoms with Crippen molar-refractivity contribution < 1.29 is 0 Å². The molecule has 3 rings (SSSR count). The number of para-hydroxylation sites is 2. The average molecular weight is 377 g/mol. The number of rotatable bonds is 4. The van der Waals surface area contributed by atoms with Crippen molar-refractivity contribution in [2.24, 2.45) is 0 Å². The summed E-state index contributed by atoms with van der Waals surface area (Å²) in [5.41, 5.74) is 3.40. The maximum absolute atomic E-state index is 4.57. The molecule has 0 spiro atoms. The molecule has 0 aliphatic heterocycles. The molecule has 0 bridgehead atoms. The van der Waals surface area contributed by atoms with Crippen molar-refractivity contribution >= 4 is 33.6 Å². The fourth-order valence-corrected chi connectivity index (χ4v) is 2.57. The zero-order valence-electron chi connectivity index (χ0n) is 11.2. The Morgan fingerprint density at radius 2 is 1.90 bits per heavy atom. The molecule has 0 aliphatic rings. The van der Waals surface area contributed by atoms with Gasteiger partial charge in [0, 0.05) is 9.61 Å². The predicted octanol–water partition coefficient (Wildman–Crippen LogP) is 4.02. The van der Waals surface area contributed by atoms with E-state index in [0.717, 1.165) is 23.4 Å². The highest BCUT2D eigenvalue weighted by molar-refractivity contribution is 14.1. The molecule has 0 saturated heterocycles. The smallest absolute Gasteiger partial charge is 0.121 e. The number of benzene rings is 2. The van der Waals surface area contributed by atoms with E-state index < -0.39 is 0 Å². The number of imidazole rings is 1. The Kier molecular flexibility index (Phi) is 4.03. The molecule has 0 radical (unpaired) electrons. The van der Waals surface area contributed by atoms with E-state index in [1.165, 1.54) is 9.13 Å². The van der Waals surface area contributed by atoms with Gasteiger partial charge in [-0.15, -0.1) is 0 Å². The number of nitrogens with zero attached hydrogens (tertiary/aromatic N) is 1. The van der Waals surface area contributed by atoms with Crippen molar-refractivity contribution in [1.82, 2.24) is 15.3 Å². The van der Waals surface area contributed by atoms with Crippen LogP contribution in [0.25, 0.3) is 11.0 Å². The first-order chi connectivity index (χ1) is 9.72. The second-order valence-corrected chi connectivity index (χ2v) is 6.10. The van der Waals surface area contributed by atoms with E-state index in [0.29, 0.717) is 6.04 Å². The van der Waals surface area contributed by atoms with Crippen molar-refractivity contribution in [1.29, 1.82) is 0 Å². The van der Waals surface area contributed by atoms with E-state index in [4.69, 9.17) is 0 Å². The molecule has 0 fully saturated rings. The fourth-order valence-electron chi connectivity index (χ4n) is 2.21. The molecular weight excluding hydrogens is 361 g/mol. The van der Waals surface area contributed by atoms with Gasteiger partial charge in [-0.3, -0.25) is 0 Å². The van der Waals surface area contributed by atoms with Crippen LogP contribution in [0.15, 0.2) is 48.5 Å². The van der Waals surface area contributed by atoms with Gasteiger partial charge in [-0.05, 0) is 59.3 Å². The minimum Gasteiger partial charge on any atom is -0.341 e. The molecule has 3 nitrogen and oxygen atoms in total. The van der Waals surface area contributed by atoms with Crippen LogP contribution in [0.1, 0.15) is 24.4 Å². The summed E-state index contributed by atoms with van der Waals surface area (Å²) in [6.45, 7) is 2.91. The van der Waals surface area contributed by atoms with Gasteiger partial charge in [0.1, 0.15) is 5.82 Å². The second kappa shape index (κ2) is 5.93. The third-order valence-electron chi connectivity index (χ3n) is 3.38. The Balaban J connectivity index is 1.68. The predicted molar refractivity (Wildman–Crippen MR) is 90.5 cm³/mol. The molecule has 102 valence electrons. The van der Waals surface area contributed by atoms with E-state index in [-0.39, 0.29) is 0 Å². The highest BCUT2D eigenvalue weighted by Crippen LogP contribution is 2.15. The third-order valence-corrected chi connectivity index (χ3v) is 4.10. The Morgan fingerprint density at radius 1 is 1.15 bits per heavy atom. The maximum atomic E-state index is 4.57. The lowest BCUT2D eigenvalue weighted by atomic mass is 10.1. The number of fused-ring (bicyclic) bond motifs is 1. The van der Waals surface area contributed by atoms with Crippen LogP contribution in [0.2, 0.25) is 0 Å². The van der Waals surface area contributed by atoms with Gasteiger partial charge in [0.05, 0.1) is 17.6 Å². The van der Waals surface area contributed by atoms with Crippen molar-refractivity contribution in [3.63, 3.8) is 0 Å². The van der Waals surface area contributed by atoms with Crippen molar-refractivity contribution in [3.05, 3.63) is 63.5 Å². The lowest BCUT2D eigenvalue weighted by molar-refractivity contribution is 0.562. The molecule has 2 N–H and O–H groups in total. The molecule has 4 heteroatoms. The average Bonchev–Trinajstić information content (AvgIpc) is 2.88. The molecule has 1 atom stereocenters. The Bertz CT molecular complexity index is 670. The monoisotopic (exact) mass is 377 g/mol. The van der Waals surface area contributed by atoms with Crippen molar-refractivity contribution in [2.75, 3.05) is 0 Å². The third kappa shape index (κ3) is 3.02. The van der Waals surface area contributed by atoms with Crippen LogP contribution in [-0.4, -0.2) is 9.97 Å². The van der Waals surface area contributed by atoms with Crippen LogP contribution in [0.5, 0.6) is 0 Å². The second-order valence-electron chi connectivity index (χ2n) is 4.85. The van der Waals surface area contributed by atoms with Crippen LogP contribution in [0, 0.1) is 3.57 Å². The molecular formula is C16H16IN3. The van der Waals surface area contributed by atoms with Gasteiger partial charge in [0.25, 0.3) is 0 Å². The van der Waals surface area contributed by atoms with Gasteiger partial charge < -0.3 is 10.3 Å². The van der Waals surface area contributed by atoms with E-state index in [2.05, 4.69) is 69.1 Å². The lowest BCUT2D eigenvalue weighted by Gasteiger charge is -2.13. The van der Waals surface area contributed by atoms with Gasteiger partial charge in [-0.2, -0.15) is 0 Å². The minimum atomic E-state index is 0.306. The normalized spacial score (nSPS) is 12.7. The van der Waals surface area contributed by atoms with E-state index in [9.17, 15) is 0 Å². The van der Waals surface area contributed by atoms with Crippen LogP contribution in [-0.2, 0) is 6.54 Å². The van der Waals surface area contributed by atoms with Gasteiger partial charge >= 0.3 is 0 Å². The summed E-state index contributed by atoms with van der Waals surface area (Å²) in [5, 5.41) is 3.50. The summed E-state index contributed by atoms with van der Waals surface area (Å²) in [6.07, 6.45) is 0. The van der Waals surface area contributed by atoms with Gasteiger partial charge in [-0.25, -0.2) is 4.98 Å². The van der Waals surface area contributed by atoms with Crippen LogP contribution < -0.4 is 5.32 Å². The number of H-pyrrole nitrogens is 1. The van der Waals surface area contributed by atoms with Crippen molar-refractivity contribution in [2.45, 2.75) is 19.5 Å². The standard InChI is InChI=1S/C16H16IN3/c1-11(12-6-8-13(17)9-7-12)18-10-16-19-14-4-2-3-5-15(14)20-16/h2-9,11,18H,10H2,1H3,(H,19,20). The number of aromatic amines is 1. The van der Waals surface area contributed by atoms with Crippen LogP contribution in [0.4, 0.5) is 0 Å². The summed E-state index contributed by atoms with van der Waals surface area (Å²) in [6, 6.07) is 17.0. The molecule has 0 aliphatic carbocycles. The SMILES string of the molecule is CC(NCc1nc2ccccc2[nH]1)c1ccc(I)cc1. The molecule has 1 heterocycles. The number of hydrogen-bond acceptors (Lipinski definition) is 2. The number of halogens is 1. The summed E-state index contributed by atoms with van der Waals surface area (Å²) >= 11 is 2.32. The summed E-state index contributed by atoms with van der Waals surface area (Å²) in [7, 11) is 0. The van der Waals surface area contributed by atoms with E-state index in [1.54, 1.807) is 0 Å². The van der Waals surface area contributed by atoms with Gasteiger partial charge in [0.2, 0.25) is 0 Å². The highest BCUT2D eigenvalue weighted by Gasteiger charge is 2.07. The molecule has 2 aromatic carbocycles. The molecule has 0 amide bonds. The molecule has 20 heavy (non-hydrogen) atoms. The van der Waals surface area contributed by atoms with E-state index >= 15 is 0 Å². The van der Waals surface area contributed by atoms with Gasteiger partial charge in [0.15, 0.2) is 0 Å². The van der Waals surface area contributed by atoms with Gasteiger partial charge in [-0.1, -0.05) is 24.3 Å². The van der Waals surface area contributed by atoms with Crippen LogP contribution >= 0.6 is 22.6 Å². The zero-order chi connectivity index (χ0) is 13.9. The van der Waals surface area contributed by atoms with Crippen LogP contribution in [0.3, 0.4) is 0 Å². The Labute approximate surface area is 132 Å². The number of aromatic nitrogens is 2. The zero-order valence-corrected chi connectivity index (χ0v) is 13.4. The number of nitrogens with one attached hydrogen (secondary N) is 2. The molecule has 1 aromatic heterocycles. The van der Waals surface area contributed by atoms with E-state index in [1.807, 2.05) is 24.3 Å². The molecule has 1 unspecified atom stereocenters. The fraction of sp³-hybridized carbons (Fsp3) is 0.188. The summed E-state index contributed by atoms with van der Waals surface area (Å²) in [5.74, 6) is 0.976. The first-order valence-corrected chi connectivity index (χ1v) is 7.73. The highest BCUT2D eigenvalue weighted by atomic mass is 127. The first kappa shape index (κ1) is 13.6. The molecule has 0 saturated carbocycles. The largest absolute Gasteiger partial charge is 0.341 e. The first-order valence-electron chi connectivity index (χ1n) is 6.65. The number of hydrogen-bond donors (Lipinski definition) is 2. The quantitative estimate of drug-likeness (QED) is 0.675. The lowest BCUT2D eigenvalue weighted by Crippen LogP contribution is -2.18. The minimum absolute atomic E-state index is 0.306. The maximum Gasteiger partial charge on any atom is 0.121 e. The van der Waals surface area contributed by atoms with Crippen molar-refractivity contribution in [3.8, 4) is 0 Å².